The number of thioether (sulfide) groups is 1. The van der Waals surface area contributed by atoms with Crippen LogP contribution in [0.5, 0.6) is 0 Å². The van der Waals surface area contributed by atoms with E-state index in [9.17, 15) is 5.11 Å². The van der Waals surface area contributed by atoms with Crippen molar-refractivity contribution in [2.24, 2.45) is 5.92 Å². The summed E-state index contributed by atoms with van der Waals surface area (Å²) in [7, 11) is 0. The van der Waals surface area contributed by atoms with E-state index in [-0.39, 0.29) is 0 Å². The molecule has 16 heavy (non-hydrogen) atoms. The molecule has 3 heteroatoms. The molecular formula is C13H19BrOS. The Labute approximate surface area is 111 Å². The lowest BCUT2D eigenvalue weighted by molar-refractivity contribution is 0.199. The predicted octanol–water partition coefficient (Wildman–Crippen LogP) is 4.64. The van der Waals surface area contributed by atoms with Gasteiger partial charge in [0, 0.05) is 14.6 Å². The topological polar surface area (TPSA) is 20.2 Å². The van der Waals surface area contributed by atoms with Crippen LogP contribution < -0.4 is 0 Å². The van der Waals surface area contributed by atoms with Gasteiger partial charge in [-0.3, -0.25) is 0 Å². The maximum Gasteiger partial charge on any atom is 0.0762 e. The average Bonchev–Trinajstić information content (AvgIpc) is 2.20. The Hall–Kier alpha value is 0.01000. The first-order valence-electron chi connectivity index (χ1n) is 5.56. The molecule has 1 rings (SSSR count). The third kappa shape index (κ3) is 3.79. The van der Waals surface area contributed by atoms with E-state index >= 15 is 0 Å². The summed E-state index contributed by atoms with van der Waals surface area (Å²) >= 11 is 5.43. The predicted molar refractivity (Wildman–Crippen MR) is 74.9 cm³/mol. The van der Waals surface area contributed by atoms with Gasteiger partial charge in [0.1, 0.15) is 0 Å². The monoisotopic (exact) mass is 302 g/mol. The molecule has 2 unspecified atom stereocenters. The average molecular weight is 303 g/mol. The summed E-state index contributed by atoms with van der Waals surface area (Å²) in [6.45, 7) is 8.49. The van der Waals surface area contributed by atoms with Crippen molar-refractivity contribution in [1.82, 2.24) is 0 Å². The summed E-state index contributed by atoms with van der Waals surface area (Å²) in [5.74, 6) is 0.661. The van der Waals surface area contributed by atoms with E-state index in [1.54, 1.807) is 6.92 Å². The molecule has 0 aliphatic carbocycles. The highest BCUT2D eigenvalue weighted by atomic mass is 79.9. The maximum absolute atomic E-state index is 9.48. The molecule has 0 heterocycles. The van der Waals surface area contributed by atoms with Crippen LogP contribution in [-0.2, 0) is 0 Å². The summed E-state index contributed by atoms with van der Waals surface area (Å²) < 4.78 is 1.07. The number of aliphatic hydroxyl groups excluding tert-OH is 1. The Morgan fingerprint density at radius 3 is 2.25 bits per heavy atom. The second-order valence-electron chi connectivity index (χ2n) is 4.43. The van der Waals surface area contributed by atoms with Crippen LogP contribution in [0.2, 0.25) is 0 Å². The van der Waals surface area contributed by atoms with E-state index in [1.165, 1.54) is 4.90 Å². The normalized spacial score (nSPS) is 15.2. The molecule has 0 spiro atoms. The number of benzene rings is 1. The van der Waals surface area contributed by atoms with E-state index in [4.69, 9.17) is 0 Å². The SMILES string of the molecule is CC(O)c1ccc(SC(C)C(C)C)c(Br)c1. The largest absolute Gasteiger partial charge is 0.389 e. The minimum Gasteiger partial charge on any atom is -0.389 e. The fraction of sp³-hybridized carbons (Fsp3) is 0.538. The zero-order valence-corrected chi connectivity index (χ0v) is 12.6. The highest BCUT2D eigenvalue weighted by molar-refractivity contribution is 9.10. The third-order valence-electron chi connectivity index (χ3n) is 2.69. The van der Waals surface area contributed by atoms with Crippen LogP contribution in [-0.4, -0.2) is 10.4 Å². The van der Waals surface area contributed by atoms with Gasteiger partial charge >= 0.3 is 0 Å². The second kappa shape index (κ2) is 6.08. The van der Waals surface area contributed by atoms with Crippen molar-refractivity contribution in [3.63, 3.8) is 0 Å². The van der Waals surface area contributed by atoms with Crippen LogP contribution in [0.25, 0.3) is 0 Å². The fourth-order valence-electron chi connectivity index (χ4n) is 1.21. The molecule has 0 bridgehead atoms. The molecular weight excluding hydrogens is 284 g/mol. The molecule has 1 N–H and O–H groups in total. The van der Waals surface area contributed by atoms with Crippen molar-refractivity contribution in [1.29, 1.82) is 0 Å². The highest BCUT2D eigenvalue weighted by Gasteiger charge is 2.12. The Morgan fingerprint density at radius 2 is 1.81 bits per heavy atom. The summed E-state index contributed by atoms with van der Waals surface area (Å²) in [6, 6.07) is 6.07. The molecule has 0 radical (unpaired) electrons. The van der Waals surface area contributed by atoms with Gasteiger partial charge in [-0.15, -0.1) is 11.8 Å². The Balaban J connectivity index is 2.83. The number of rotatable bonds is 4. The summed E-state index contributed by atoms with van der Waals surface area (Å²) in [5, 5.41) is 10.1. The Bertz CT molecular complexity index is 350. The van der Waals surface area contributed by atoms with Crippen molar-refractivity contribution in [3.05, 3.63) is 28.2 Å². The van der Waals surface area contributed by atoms with Gasteiger partial charge < -0.3 is 5.11 Å². The van der Waals surface area contributed by atoms with Gasteiger partial charge in [-0.1, -0.05) is 26.8 Å². The van der Waals surface area contributed by atoms with Crippen molar-refractivity contribution in [3.8, 4) is 0 Å². The van der Waals surface area contributed by atoms with Crippen LogP contribution in [0.3, 0.4) is 0 Å². The summed E-state index contributed by atoms with van der Waals surface area (Å²) in [4.78, 5) is 1.24. The highest BCUT2D eigenvalue weighted by Crippen LogP contribution is 2.34. The van der Waals surface area contributed by atoms with Crippen LogP contribution in [0, 0.1) is 5.92 Å². The zero-order chi connectivity index (χ0) is 12.3. The lowest BCUT2D eigenvalue weighted by Gasteiger charge is -2.16. The second-order valence-corrected chi connectivity index (χ2v) is 6.71. The zero-order valence-electron chi connectivity index (χ0n) is 10.2. The van der Waals surface area contributed by atoms with Gasteiger partial charge in [0.2, 0.25) is 0 Å². The molecule has 1 aromatic carbocycles. The quantitative estimate of drug-likeness (QED) is 0.818. The van der Waals surface area contributed by atoms with Gasteiger partial charge in [0.05, 0.1) is 6.10 Å². The van der Waals surface area contributed by atoms with E-state index in [1.807, 2.05) is 23.9 Å². The number of aliphatic hydroxyl groups is 1. The van der Waals surface area contributed by atoms with Crippen LogP contribution >= 0.6 is 27.7 Å². The fourth-order valence-corrected chi connectivity index (χ4v) is 2.88. The molecule has 0 aromatic heterocycles. The molecule has 0 aliphatic rings. The van der Waals surface area contributed by atoms with E-state index < -0.39 is 6.10 Å². The maximum atomic E-state index is 9.48. The number of hydrogen-bond acceptors (Lipinski definition) is 2. The summed E-state index contributed by atoms with van der Waals surface area (Å²) in [6.07, 6.45) is -0.405. The van der Waals surface area contributed by atoms with Crippen LogP contribution in [0.4, 0.5) is 0 Å². The number of halogens is 1. The van der Waals surface area contributed by atoms with Crippen LogP contribution in [0.15, 0.2) is 27.6 Å². The molecule has 0 saturated heterocycles. The van der Waals surface area contributed by atoms with Gasteiger partial charge in [-0.2, -0.15) is 0 Å². The van der Waals surface area contributed by atoms with Crippen molar-refractivity contribution < 1.29 is 5.11 Å². The van der Waals surface area contributed by atoms with Crippen molar-refractivity contribution in [2.45, 2.75) is 43.9 Å². The lowest BCUT2D eigenvalue weighted by atomic mass is 10.1. The van der Waals surface area contributed by atoms with E-state index in [0.29, 0.717) is 11.2 Å². The molecule has 1 nitrogen and oxygen atoms in total. The first kappa shape index (κ1) is 14.1. The third-order valence-corrected chi connectivity index (χ3v) is 5.13. The van der Waals surface area contributed by atoms with Gasteiger partial charge in [-0.25, -0.2) is 0 Å². The molecule has 90 valence electrons. The first-order valence-corrected chi connectivity index (χ1v) is 7.23. The Kier molecular flexibility index (Phi) is 5.35. The van der Waals surface area contributed by atoms with E-state index in [2.05, 4.69) is 42.8 Å². The minimum atomic E-state index is -0.405. The minimum absolute atomic E-state index is 0.405. The first-order chi connectivity index (χ1) is 7.41. The molecule has 1 aromatic rings. The van der Waals surface area contributed by atoms with Crippen LogP contribution in [0.1, 0.15) is 39.4 Å². The smallest absolute Gasteiger partial charge is 0.0762 e. The molecule has 0 saturated carbocycles. The Morgan fingerprint density at radius 1 is 1.19 bits per heavy atom. The number of hydrogen-bond donors (Lipinski definition) is 1. The molecule has 0 amide bonds. The van der Waals surface area contributed by atoms with Crippen molar-refractivity contribution >= 4 is 27.7 Å². The van der Waals surface area contributed by atoms with Gasteiger partial charge in [-0.05, 0) is 46.5 Å². The molecule has 0 aliphatic heterocycles. The van der Waals surface area contributed by atoms with Gasteiger partial charge in [0.15, 0.2) is 0 Å². The van der Waals surface area contributed by atoms with Gasteiger partial charge in [0.25, 0.3) is 0 Å². The molecule has 2 atom stereocenters. The summed E-state index contributed by atoms with van der Waals surface area (Å²) in [5.41, 5.74) is 0.952. The van der Waals surface area contributed by atoms with Crippen molar-refractivity contribution in [2.75, 3.05) is 0 Å². The molecule has 0 fully saturated rings. The lowest BCUT2D eigenvalue weighted by Crippen LogP contribution is -2.05. The van der Waals surface area contributed by atoms with E-state index in [0.717, 1.165) is 10.0 Å². The standard InChI is InChI=1S/C13H19BrOS/c1-8(2)10(4)16-13-6-5-11(9(3)15)7-12(13)14/h5-10,15H,1-4H3.